The lowest BCUT2D eigenvalue weighted by Gasteiger charge is -2.21. The molecule has 0 aromatic carbocycles. The number of fused-ring (bicyclic) bond motifs is 1. The van der Waals surface area contributed by atoms with E-state index in [0.717, 1.165) is 19.4 Å². The Hall–Kier alpha value is -1.10. The molecule has 3 unspecified atom stereocenters. The van der Waals surface area contributed by atoms with Gasteiger partial charge in [0.1, 0.15) is 0 Å². The van der Waals surface area contributed by atoms with Gasteiger partial charge in [-0.1, -0.05) is 20.3 Å². The van der Waals surface area contributed by atoms with Gasteiger partial charge in [-0.15, -0.1) is 0 Å². The Morgan fingerprint density at radius 1 is 1.33 bits per heavy atom. The molecule has 4 atom stereocenters. The van der Waals surface area contributed by atoms with Crippen LogP contribution in [0.4, 0.5) is 0 Å². The maximum absolute atomic E-state index is 12.3. The van der Waals surface area contributed by atoms with Crippen molar-refractivity contribution in [1.82, 2.24) is 10.6 Å². The summed E-state index contributed by atoms with van der Waals surface area (Å²) in [6, 6.07) is -0.0676. The molecule has 1 heterocycles. The Morgan fingerprint density at radius 2 is 2.10 bits per heavy atom. The summed E-state index contributed by atoms with van der Waals surface area (Å²) in [5.41, 5.74) is 0. The van der Waals surface area contributed by atoms with Gasteiger partial charge in [-0.05, 0) is 49.5 Å². The summed E-state index contributed by atoms with van der Waals surface area (Å²) in [6.45, 7) is 5.59. The van der Waals surface area contributed by atoms with Gasteiger partial charge in [-0.2, -0.15) is 0 Å². The fourth-order valence-corrected chi connectivity index (χ4v) is 3.98. The minimum atomic E-state index is -0.787. The third kappa shape index (κ3) is 4.43. The third-order valence-electron chi connectivity index (χ3n) is 4.86. The lowest BCUT2D eigenvalue weighted by atomic mass is 9.92. The van der Waals surface area contributed by atoms with Crippen molar-refractivity contribution < 1.29 is 14.7 Å². The number of aliphatic carboxylic acids is 1. The Morgan fingerprint density at radius 3 is 2.76 bits per heavy atom. The maximum atomic E-state index is 12.3. The number of carbonyl (C=O) groups excluding carboxylic acids is 1. The van der Waals surface area contributed by atoms with Crippen molar-refractivity contribution in [3.05, 3.63) is 0 Å². The molecule has 2 fully saturated rings. The smallest absolute Gasteiger partial charge is 0.303 e. The highest BCUT2D eigenvalue weighted by molar-refractivity contribution is 5.82. The van der Waals surface area contributed by atoms with Crippen LogP contribution in [0.15, 0.2) is 0 Å². The minimum Gasteiger partial charge on any atom is -0.481 e. The minimum absolute atomic E-state index is 0.0206. The predicted octanol–water partition coefficient (Wildman–Crippen LogP) is 1.63. The van der Waals surface area contributed by atoms with E-state index in [0.29, 0.717) is 24.3 Å². The number of carbonyl (C=O) groups is 2. The molecule has 0 aromatic rings. The second-order valence-corrected chi connectivity index (χ2v) is 7.08. The number of carboxylic acids is 1. The Bertz CT molecular complexity index is 384. The van der Waals surface area contributed by atoms with E-state index in [1.165, 1.54) is 12.8 Å². The summed E-state index contributed by atoms with van der Waals surface area (Å²) < 4.78 is 0. The van der Waals surface area contributed by atoms with E-state index in [1.807, 2.05) is 0 Å². The molecule has 5 heteroatoms. The first kappa shape index (κ1) is 16.3. The van der Waals surface area contributed by atoms with Crippen molar-refractivity contribution in [2.75, 3.05) is 13.1 Å². The molecule has 1 aliphatic carbocycles. The molecule has 1 saturated carbocycles. The largest absolute Gasteiger partial charge is 0.481 e. The molecule has 1 saturated heterocycles. The van der Waals surface area contributed by atoms with Crippen LogP contribution in [0.3, 0.4) is 0 Å². The zero-order valence-corrected chi connectivity index (χ0v) is 13.1. The second-order valence-electron chi connectivity index (χ2n) is 7.08. The highest BCUT2D eigenvalue weighted by Gasteiger charge is 2.42. The molecule has 2 aliphatic rings. The average molecular weight is 296 g/mol. The van der Waals surface area contributed by atoms with Gasteiger partial charge in [0, 0.05) is 13.0 Å². The van der Waals surface area contributed by atoms with E-state index in [1.54, 1.807) is 0 Å². The number of hydrogen-bond donors (Lipinski definition) is 3. The molecule has 0 aromatic heterocycles. The first-order valence-corrected chi connectivity index (χ1v) is 8.20. The van der Waals surface area contributed by atoms with Crippen LogP contribution < -0.4 is 10.6 Å². The van der Waals surface area contributed by atoms with Crippen molar-refractivity contribution >= 4 is 11.9 Å². The van der Waals surface area contributed by atoms with E-state index < -0.39 is 5.97 Å². The van der Waals surface area contributed by atoms with Crippen LogP contribution in [0.1, 0.15) is 46.0 Å². The SMILES string of the molecule is CC(C)C[C@H](CNC(=O)C1NCC2CCCC21)CC(=O)O. The van der Waals surface area contributed by atoms with E-state index in [9.17, 15) is 9.59 Å². The van der Waals surface area contributed by atoms with Crippen LogP contribution in [-0.4, -0.2) is 36.1 Å². The molecule has 3 N–H and O–H groups in total. The van der Waals surface area contributed by atoms with Crippen LogP contribution in [-0.2, 0) is 9.59 Å². The van der Waals surface area contributed by atoms with Crippen LogP contribution in [0.5, 0.6) is 0 Å². The fourth-order valence-electron chi connectivity index (χ4n) is 3.98. The topological polar surface area (TPSA) is 78.4 Å². The zero-order valence-electron chi connectivity index (χ0n) is 13.1. The first-order chi connectivity index (χ1) is 9.97. The molecule has 120 valence electrons. The Balaban J connectivity index is 1.82. The van der Waals surface area contributed by atoms with Crippen molar-refractivity contribution in [2.24, 2.45) is 23.7 Å². The normalized spacial score (nSPS) is 29.4. The van der Waals surface area contributed by atoms with Crippen molar-refractivity contribution in [3.8, 4) is 0 Å². The lowest BCUT2D eigenvalue weighted by molar-refractivity contribution is -0.138. The quantitative estimate of drug-likeness (QED) is 0.667. The number of carboxylic acid groups (broad SMARTS) is 1. The molecule has 0 radical (unpaired) electrons. The number of amides is 1. The molecule has 1 amide bonds. The number of nitrogens with one attached hydrogen (secondary N) is 2. The maximum Gasteiger partial charge on any atom is 0.303 e. The van der Waals surface area contributed by atoms with Gasteiger partial charge >= 0.3 is 5.97 Å². The van der Waals surface area contributed by atoms with Gasteiger partial charge in [0.05, 0.1) is 6.04 Å². The van der Waals surface area contributed by atoms with Gasteiger partial charge in [-0.3, -0.25) is 9.59 Å². The molecule has 1 aliphatic heterocycles. The van der Waals surface area contributed by atoms with Crippen LogP contribution in [0.2, 0.25) is 0 Å². The molecule has 0 bridgehead atoms. The summed E-state index contributed by atoms with van der Waals surface area (Å²) in [5, 5.41) is 15.3. The van der Waals surface area contributed by atoms with E-state index in [4.69, 9.17) is 5.11 Å². The predicted molar refractivity (Wildman–Crippen MR) is 80.8 cm³/mol. The van der Waals surface area contributed by atoms with E-state index in [2.05, 4.69) is 24.5 Å². The highest BCUT2D eigenvalue weighted by atomic mass is 16.4. The molecule has 2 rings (SSSR count). The molecule has 21 heavy (non-hydrogen) atoms. The summed E-state index contributed by atoms with van der Waals surface area (Å²) >= 11 is 0. The van der Waals surface area contributed by atoms with Gasteiger partial charge < -0.3 is 15.7 Å². The van der Waals surface area contributed by atoms with Crippen molar-refractivity contribution in [3.63, 3.8) is 0 Å². The van der Waals surface area contributed by atoms with E-state index in [-0.39, 0.29) is 24.3 Å². The Labute approximate surface area is 126 Å². The molecular weight excluding hydrogens is 268 g/mol. The van der Waals surface area contributed by atoms with Crippen molar-refractivity contribution in [1.29, 1.82) is 0 Å². The van der Waals surface area contributed by atoms with Crippen LogP contribution in [0, 0.1) is 23.7 Å². The van der Waals surface area contributed by atoms with Gasteiger partial charge in [-0.25, -0.2) is 0 Å². The fraction of sp³-hybridized carbons (Fsp3) is 0.875. The molecule has 5 nitrogen and oxygen atoms in total. The summed E-state index contributed by atoms with van der Waals surface area (Å²) in [6.07, 6.45) is 4.56. The summed E-state index contributed by atoms with van der Waals surface area (Å²) in [4.78, 5) is 23.3. The van der Waals surface area contributed by atoms with Gasteiger partial charge in [0.15, 0.2) is 0 Å². The Kier molecular flexibility index (Phi) is 5.62. The summed E-state index contributed by atoms with van der Waals surface area (Å²) in [7, 11) is 0. The highest BCUT2D eigenvalue weighted by Crippen LogP contribution is 2.37. The van der Waals surface area contributed by atoms with Crippen LogP contribution >= 0.6 is 0 Å². The van der Waals surface area contributed by atoms with Crippen molar-refractivity contribution in [2.45, 2.75) is 52.0 Å². The monoisotopic (exact) mass is 296 g/mol. The first-order valence-electron chi connectivity index (χ1n) is 8.20. The number of rotatable bonds is 7. The zero-order chi connectivity index (χ0) is 15.4. The summed E-state index contributed by atoms with van der Waals surface area (Å²) in [5.74, 6) is 0.870. The molecule has 0 spiro atoms. The average Bonchev–Trinajstić information content (AvgIpc) is 2.96. The third-order valence-corrected chi connectivity index (χ3v) is 4.86. The second kappa shape index (κ2) is 7.25. The standard InChI is InChI=1S/C16H28N2O3/c1-10(2)6-11(7-14(19)20)8-18-16(21)15-13-5-3-4-12(13)9-17-15/h10-13,15,17H,3-9H2,1-2H3,(H,18,21)(H,19,20)/t11-,12?,13?,15?/m0/s1. The van der Waals surface area contributed by atoms with Crippen LogP contribution in [0.25, 0.3) is 0 Å². The van der Waals surface area contributed by atoms with Gasteiger partial charge in [0.2, 0.25) is 5.91 Å². The molecular formula is C16H28N2O3. The van der Waals surface area contributed by atoms with Gasteiger partial charge in [0.25, 0.3) is 0 Å². The lowest BCUT2D eigenvalue weighted by Crippen LogP contribution is -2.45. The van der Waals surface area contributed by atoms with E-state index >= 15 is 0 Å². The number of hydrogen-bond acceptors (Lipinski definition) is 3.